The van der Waals surface area contributed by atoms with Crippen molar-refractivity contribution in [2.24, 2.45) is 0 Å². The number of anilines is 2. The van der Waals surface area contributed by atoms with Crippen molar-refractivity contribution >= 4 is 17.4 Å². The van der Waals surface area contributed by atoms with E-state index in [2.05, 4.69) is 19.9 Å². The summed E-state index contributed by atoms with van der Waals surface area (Å²) >= 11 is 0. The molecular formula is C19H22F3N3O2. The minimum absolute atomic E-state index is 0.169. The van der Waals surface area contributed by atoms with Gasteiger partial charge in [0.15, 0.2) is 0 Å². The first-order chi connectivity index (χ1) is 12.8. The van der Waals surface area contributed by atoms with E-state index in [1.165, 1.54) is 0 Å². The summed E-state index contributed by atoms with van der Waals surface area (Å²) in [5.74, 6) is 0.511. The van der Waals surface area contributed by atoms with Crippen molar-refractivity contribution in [3.63, 3.8) is 0 Å². The minimum atomic E-state index is -4.35. The van der Waals surface area contributed by atoms with Crippen molar-refractivity contribution in [3.8, 4) is 0 Å². The number of ether oxygens (including phenoxy) is 1. The molecule has 0 bridgehead atoms. The number of halogens is 3. The number of aromatic nitrogens is 1. The van der Waals surface area contributed by atoms with Crippen LogP contribution in [0.1, 0.15) is 29.8 Å². The van der Waals surface area contributed by atoms with Crippen molar-refractivity contribution in [1.29, 1.82) is 0 Å². The number of amides is 1. The van der Waals surface area contributed by atoms with Crippen molar-refractivity contribution in [2.75, 3.05) is 29.9 Å². The van der Waals surface area contributed by atoms with Gasteiger partial charge in [0.1, 0.15) is 12.4 Å². The van der Waals surface area contributed by atoms with Gasteiger partial charge in [0.05, 0.1) is 18.5 Å². The highest BCUT2D eigenvalue weighted by atomic mass is 19.4. The third-order valence-electron chi connectivity index (χ3n) is 3.84. The predicted octanol–water partition coefficient (Wildman–Crippen LogP) is 4.26. The molecule has 0 spiro atoms. The Hall–Kier alpha value is -2.61. The van der Waals surface area contributed by atoms with E-state index in [9.17, 15) is 18.0 Å². The highest BCUT2D eigenvalue weighted by Crippen LogP contribution is 2.17. The molecule has 1 aromatic carbocycles. The Bertz CT molecular complexity index is 727. The van der Waals surface area contributed by atoms with Crippen molar-refractivity contribution in [1.82, 2.24) is 4.98 Å². The van der Waals surface area contributed by atoms with E-state index >= 15 is 0 Å². The van der Waals surface area contributed by atoms with Gasteiger partial charge < -0.3 is 15.0 Å². The molecular weight excluding hydrogens is 359 g/mol. The molecule has 0 aliphatic carbocycles. The lowest BCUT2D eigenvalue weighted by Gasteiger charge is -2.19. The van der Waals surface area contributed by atoms with Gasteiger partial charge in [0, 0.05) is 18.7 Å². The van der Waals surface area contributed by atoms with Crippen LogP contribution in [0.25, 0.3) is 0 Å². The molecule has 0 radical (unpaired) electrons. The molecule has 0 atom stereocenters. The molecule has 0 aliphatic rings. The zero-order valence-corrected chi connectivity index (χ0v) is 15.2. The molecule has 1 heterocycles. The van der Waals surface area contributed by atoms with Crippen LogP contribution in [-0.4, -0.2) is 36.8 Å². The van der Waals surface area contributed by atoms with Gasteiger partial charge in [-0.25, -0.2) is 4.98 Å². The SMILES string of the molecule is CCN(CC)c1ccc(NC(=O)c2ccc(COCC(F)(F)F)cc2)cn1. The summed E-state index contributed by atoms with van der Waals surface area (Å²) in [6.07, 6.45) is -2.76. The highest BCUT2D eigenvalue weighted by Gasteiger charge is 2.27. The van der Waals surface area contributed by atoms with Crippen LogP contribution in [0.15, 0.2) is 42.6 Å². The first kappa shape index (κ1) is 20.7. The number of nitrogens with zero attached hydrogens (tertiary/aromatic N) is 2. The van der Waals surface area contributed by atoms with Gasteiger partial charge >= 0.3 is 6.18 Å². The van der Waals surface area contributed by atoms with Crippen LogP contribution < -0.4 is 10.2 Å². The number of hydrogen-bond acceptors (Lipinski definition) is 4. The third kappa shape index (κ3) is 6.56. The normalized spacial score (nSPS) is 11.3. The van der Waals surface area contributed by atoms with Crippen molar-refractivity contribution in [2.45, 2.75) is 26.6 Å². The summed E-state index contributed by atoms with van der Waals surface area (Å²) in [5.41, 5.74) is 1.51. The van der Waals surface area contributed by atoms with Crippen LogP contribution >= 0.6 is 0 Å². The van der Waals surface area contributed by atoms with Crippen molar-refractivity contribution in [3.05, 3.63) is 53.7 Å². The number of pyridine rings is 1. The van der Waals surface area contributed by atoms with Crippen LogP contribution in [0.5, 0.6) is 0 Å². The molecule has 27 heavy (non-hydrogen) atoms. The van der Waals surface area contributed by atoms with Gasteiger partial charge in [-0.1, -0.05) is 12.1 Å². The fourth-order valence-corrected chi connectivity index (χ4v) is 2.43. The van der Waals surface area contributed by atoms with E-state index < -0.39 is 12.8 Å². The van der Waals surface area contributed by atoms with Gasteiger partial charge in [-0.2, -0.15) is 13.2 Å². The molecule has 8 heteroatoms. The fourth-order valence-electron chi connectivity index (χ4n) is 2.43. The number of rotatable bonds is 8. The van der Waals surface area contributed by atoms with Gasteiger partial charge in [-0.3, -0.25) is 4.79 Å². The molecule has 1 amide bonds. The number of carbonyl (C=O) groups is 1. The Morgan fingerprint density at radius 2 is 1.78 bits per heavy atom. The first-order valence-electron chi connectivity index (χ1n) is 8.58. The summed E-state index contributed by atoms with van der Waals surface area (Å²) in [6, 6.07) is 9.82. The summed E-state index contributed by atoms with van der Waals surface area (Å²) in [4.78, 5) is 18.7. The van der Waals surface area contributed by atoms with Crippen LogP contribution in [0.4, 0.5) is 24.7 Å². The van der Waals surface area contributed by atoms with E-state index in [1.807, 2.05) is 19.9 Å². The zero-order chi connectivity index (χ0) is 19.9. The average Bonchev–Trinajstić information content (AvgIpc) is 2.63. The lowest BCUT2D eigenvalue weighted by Crippen LogP contribution is -2.22. The van der Waals surface area contributed by atoms with Crippen LogP contribution in [0.3, 0.4) is 0 Å². The lowest BCUT2D eigenvalue weighted by atomic mass is 10.1. The summed E-state index contributed by atoms with van der Waals surface area (Å²) in [5, 5.41) is 2.74. The second-order valence-electron chi connectivity index (χ2n) is 5.84. The Kier molecular flexibility index (Phi) is 7.18. The molecule has 2 aromatic rings. The molecule has 0 fully saturated rings. The van der Waals surface area contributed by atoms with Crippen molar-refractivity contribution < 1.29 is 22.7 Å². The molecule has 0 unspecified atom stereocenters. The van der Waals surface area contributed by atoms with Gasteiger partial charge in [-0.15, -0.1) is 0 Å². The van der Waals surface area contributed by atoms with E-state index in [0.717, 1.165) is 18.9 Å². The average molecular weight is 381 g/mol. The molecule has 1 N–H and O–H groups in total. The smallest absolute Gasteiger partial charge is 0.367 e. The van der Waals surface area contributed by atoms with E-state index in [0.29, 0.717) is 16.8 Å². The van der Waals surface area contributed by atoms with Crippen LogP contribution in [0.2, 0.25) is 0 Å². The molecule has 2 rings (SSSR count). The maximum Gasteiger partial charge on any atom is 0.411 e. The molecule has 1 aromatic heterocycles. The maximum absolute atomic E-state index is 12.3. The summed E-state index contributed by atoms with van der Waals surface area (Å²) < 4.78 is 40.8. The van der Waals surface area contributed by atoms with E-state index in [-0.39, 0.29) is 12.5 Å². The second-order valence-corrected chi connectivity index (χ2v) is 5.84. The van der Waals surface area contributed by atoms with Crippen LogP contribution in [0, 0.1) is 0 Å². The highest BCUT2D eigenvalue weighted by molar-refractivity contribution is 6.04. The van der Waals surface area contributed by atoms with Gasteiger partial charge in [0.2, 0.25) is 0 Å². The predicted molar refractivity (Wildman–Crippen MR) is 97.9 cm³/mol. The third-order valence-corrected chi connectivity index (χ3v) is 3.84. The summed E-state index contributed by atoms with van der Waals surface area (Å²) in [7, 11) is 0. The fraction of sp³-hybridized carbons (Fsp3) is 0.368. The number of carbonyl (C=O) groups excluding carboxylic acids is 1. The van der Waals surface area contributed by atoms with E-state index in [4.69, 9.17) is 0 Å². The Morgan fingerprint density at radius 3 is 2.30 bits per heavy atom. The molecule has 146 valence electrons. The molecule has 0 aliphatic heterocycles. The Morgan fingerprint density at radius 1 is 1.11 bits per heavy atom. The number of hydrogen-bond donors (Lipinski definition) is 1. The number of benzene rings is 1. The largest absolute Gasteiger partial charge is 0.411 e. The summed E-state index contributed by atoms with van der Waals surface area (Å²) in [6.45, 7) is 4.30. The monoisotopic (exact) mass is 381 g/mol. The topological polar surface area (TPSA) is 54.5 Å². The molecule has 0 saturated heterocycles. The minimum Gasteiger partial charge on any atom is -0.367 e. The molecule has 0 saturated carbocycles. The Balaban J connectivity index is 1.92. The van der Waals surface area contributed by atoms with Gasteiger partial charge in [0.25, 0.3) is 5.91 Å². The standard InChI is InChI=1S/C19H22F3N3O2/c1-3-25(4-2)17-10-9-16(11-23-17)24-18(26)15-7-5-14(6-8-15)12-27-13-19(20,21)22/h5-11H,3-4,12-13H2,1-2H3,(H,24,26). The number of nitrogens with one attached hydrogen (secondary N) is 1. The first-order valence-corrected chi connectivity index (χ1v) is 8.58. The van der Waals surface area contributed by atoms with Crippen LogP contribution in [-0.2, 0) is 11.3 Å². The maximum atomic E-state index is 12.3. The lowest BCUT2D eigenvalue weighted by molar-refractivity contribution is -0.176. The second kappa shape index (κ2) is 9.36. The quantitative estimate of drug-likeness (QED) is 0.742. The number of alkyl halides is 3. The molecule has 5 nitrogen and oxygen atoms in total. The van der Waals surface area contributed by atoms with Gasteiger partial charge in [-0.05, 0) is 43.7 Å². The Labute approximate surface area is 156 Å². The zero-order valence-electron chi connectivity index (χ0n) is 15.2. The van der Waals surface area contributed by atoms with E-state index in [1.54, 1.807) is 36.5 Å².